The third-order valence-corrected chi connectivity index (χ3v) is 6.11. The molecule has 0 aliphatic carbocycles. The lowest BCUT2D eigenvalue weighted by atomic mass is 10.2. The normalized spacial score (nSPS) is 9.48. The lowest BCUT2D eigenvalue weighted by Crippen LogP contribution is -2.16. The quantitative estimate of drug-likeness (QED) is 0.0726. The van der Waals surface area contributed by atoms with Crippen molar-refractivity contribution in [2.45, 2.75) is 33.5 Å². The highest BCUT2D eigenvalue weighted by molar-refractivity contribution is 6.83. The zero-order valence-electron chi connectivity index (χ0n) is 25.6. The molecule has 0 bridgehead atoms. The molecule has 4 aromatic heterocycles. The van der Waals surface area contributed by atoms with Crippen LogP contribution in [0.5, 0.6) is 0 Å². The molecule has 5 aromatic rings. The predicted octanol–water partition coefficient (Wildman–Crippen LogP) is 7.23. The summed E-state index contributed by atoms with van der Waals surface area (Å²) in [6, 6.07) is 12.8. The molecule has 232 valence electrons. The number of rotatable bonds is 0. The van der Waals surface area contributed by atoms with Gasteiger partial charge in [-0.3, -0.25) is 0 Å². The Morgan fingerprint density at radius 1 is 0.609 bits per heavy atom. The van der Waals surface area contributed by atoms with E-state index in [2.05, 4.69) is 88.7 Å². The number of hydrogen-bond acceptors (Lipinski definition) is 8. The van der Waals surface area contributed by atoms with Crippen molar-refractivity contribution in [1.82, 2.24) is 39.9 Å². The molecule has 0 N–H and O–H groups in total. The van der Waals surface area contributed by atoms with Gasteiger partial charge < -0.3 is 0 Å². The van der Waals surface area contributed by atoms with Crippen LogP contribution in [0.3, 0.4) is 0 Å². The maximum Gasteiger partial charge on any atom is 0.223 e. The van der Waals surface area contributed by atoms with E-state index in [4.69, 9.17) is 41.2 Å². The molecule has 0 fully saturated rings. The van der Waals surface area contributed by atoms with E-state index in [0.29, 0.717) is 33.9 Å². The van der Waals surface area contributed by atoms with E-state index in [1.807, 2.05) is 6.92 Å². The van der Waals surface area contributed by atoms with Crippen molar-refractivity contribution >= 4 is 42.9 Å². The van der Waals surface area contributed by atoms with Gasteiger partial charge in [-0.1, -0.05) is 49.0 Å². The molecule has 0 amide bonds. The SMILES string of the molecule is C#Cc1ccnc(C)n1.C[Si](C)(C)C#Cc1ccnc(Cl)n1.Cc1nccc(C#Cc2ccc(F)cc2)n1.Clc1ccnc(Cl)n1. The molecular formula is C33H28Cl3FN8Si. The Morgan fingerprint density at radius 2 is 1.11 bits per heavy atom. The number of benzene rings is 1. The van der Waals surface area contributed by atoms with Crippen molar-refractivity contribution in [2.24, 2.45) is 0 Å². The van der Waals surface area contributed by atoms with E-state index in [9.17, 15) is 4.39 Å². The summed E-state index contributed by atoms with van der Waals surface area (Å²) >= 11 is 16.4. The average Bonchev–Trinajstić information content (AvgIpc) is 3.00. The highest BCUT2D eigenvalue weighted by atomic mass is 35.5. The second kappa shape index (κ2) is 19.6. The van der Waals surface area contributed by atoms with Crippen LogP contribution in [0, 0.1) is 55.3 Å². The second-order valence-electron chi connectivity index (χ2n) is 9.74. The van der Waals surface area contributed by atoms with Gasteiger partial charge in [-0.25, -0.2) is 44.3 Å². The zero-order valence-corrected chi connectivity index (χ0v) is 28.9. The Morgan fingerprint density at radius 3 is 1.57 bits per heavy atom. The number of aryl methyl sites for hydroxylation is 2. The summed E-state index contributed by atoms with van der Waals surface area (Å²) in [7, 11) is -1.32. The predicted molar refractivity (Wildman–Crippen MR) is 183 cm³/mol. The number of nitrogens with zero attached hydrogens (tertiary/aromatic N) is 8. The summed E-state index contributed by atoms with van der Waals surface area (Å²) in [4.78, 5) is 30.9. The molecule has 1 aromatic carbocycles. The largest absolute Gasteiger partial charge is 0.242 e. The van der Waals surface area contributed by atoms with Crippen molar-refractivity contribution in [3.63, 3.8) is 0 Å². The van der Waals surface area contributed by atoms with E-state index in [-0.39, 0.29) is 16.4 Å². The van der Waals surface area contributed by atoms with Crippen LogP contribution in [0.15, 0.2) is 73.3 Å². The summed E-state index contributed by atoms with van der Waals surface area (Å²) in [6.07, 6.45) is 11.5. The monoisotopic (exact) mass is 688 g/mol. The summed E-state index contributed by atoms with van der Waals surface area (Å²) < 4.78 is 12.6. The maximum absolute atomic E-state index is 12.6. The van der Waals surface area contributed by atoms with Gasteiger partial charge in [-0.05, 0) is 91.5 Å². The third-order valence-electron chi connectivity index (χ3n) is 4.66. The number of halogens is 4. The molecule has 0 saturated heterocycles. The highest BCUT2D eigenvalue weighted by Crippen LogP contribution is 2.05. The lowest BCUT2D eigenvalue weighted by Gasteiger charge is -2.02. The average molecular weight is 690 g/mol. The Bertz CT molecular complexity index is 1870. The summed E-state index contributed by atoms with van der Waals surface area (Å²) in [5.41, 5.74) is 5.97. The van der Waals surface area contributed by atoms with Gasteiger partial charge >= 0.3 is 0 Å². The van der Waals surface area contributed by atoms with Crippen molar-refractivity contribution in [3.8, 4) is 35.6 Å². The van der Waals surface area contributed by atoms with Gasteiger partial charge in [0.2, 0.25) is 10.6 Å². The molecule has 46 heavy (non-hydrogen) atoms. The molecule has 0 saturated carbocycles. The van der Waals surface area contributed by atoms with E-state index >= 15 is 0 Å². The van der Waals surface area contributed by atoms with Gasteiger partial charge in [0.25, 0.3) is 0 Å². The fraction of sp³-hybridized carbons (Fsp3) is 0.152. The highest BCUT2D eigenvalue weighted by Gasteiger charge is 2.07. The molecule has 0 unspecified atom stereocenters. The Labute approximate surface area is 284 Å². The minimum atomic E-state index is -1.32. The van der Waals surface area contributed by atoms with E-state index in [1.165, 1.54) is 18.3 Å². The summed E-state index contributed by atoms with van der Waals surface area (Å²) in [5, 5.41) is 0.796. The molecule has 0 aliphatic heterocycles. The molecule has 8 nitrogen and oxygen atoms in total. The molecule has 0 spiro atoms. The number of terminal acetylenes is 1. The standard InChI is InChI=1S/C13H9FN2.C9H11ClN2Si.C7H6N2.C4H2Cl2N2/c1-10-15-9-8-13(16-10)7-4-11-2-5-12(14)6-3-11;1-13(2,3)7-5-8-4-6-11-9(10)12-8;1-3-7-4-5-8-6(2)9-7;5-3-1-2-7-4(6)8-3/h2-3,5-6,8-9H,1H3;4,6H,1-3H3;1,4-5H,2H3;1-2H. The number of aromatic nitrogens is 8. The summed E-state index contributed by atoms with van der Waals surface area (Å²) in [6.45, 7) is 10.2. The van der Waals surface area contributed by atoms with Crippen LogP contribution in [-0.4, -0.2) is 47.9 Å². The first-order chi connectivity index (χ1) is 21.8. The van der Waals surface area contributed by atoms with Crippen LogP contribution in [-0.2, 0) is 0 Å². The van der Waals surface area contributed by atoms with Gasteiger partial charge in [0.1, 0.15) is 47.8 Å². The van der Waals surface area contributed by atoms with Crippen LogP contribution in [0.4, 0.5) is 4.39 Å². The first-order valence-electron chi connectivity index (χ1n) is 13.3. The topological polar surface area (TPSA) is 103 Å². The molecule has 5 rings (SSSR count). The van der Waals surface area contributed by atoms with Gasteiger partial charge in [0.15, 0.2) is 0 Å². The molecule has 0 radical (unpaired) electrons. The van der Waals surface area contributed by atoms with E-state index < -0.39 is 8.07 Å². The van der Waals surface area contributed by atoms with E-state index in [0.717, 1.165) is 5.56 Å². The van der Waals surface area contributed by atoms with Crippen molar-refractivity contribution in [2.75, 3.05) is 0 Å². The molecule has 4 heterocycles. The fourth-order valence-corrected chi connectivity index (χ4v) is 3.68. The van der Waals surface area contributed by atoms with Crippen LogP contribution in [0.25, 0.3) is 0 Å². The Kier molecular flexibility index (Phi) is 15.9. The number of hydrogen-bond donors (Lipinski definition) is 0. The first-order valence-corrected chi connectivity index (χ1v) is 18.0. The van der Waals surface area contributed by atoms with Gasteiger partial charge in [-0.15, -0.1) is 12.0 Å². The van der Waals surface area contributed by atoms with Crippen LogP contribution >= 0.6 is 34.8 Å². The fourth-order valence-electron chi connectivity index (χ4n) is 2.70. The van der Waals surface area contributed by atoms with Crippen LogP contribution < -0.4 is 0 Å². The molecular weight excluding hydrogens is 662 g/mol. The molecule has 0 aliphatic rings. The van der Waals surface area contributed by atoms with Gasteiger partial charge in [0, 0.05) is 30.4 Å². The second-order valence-corrected chi connectivity index (χ2v) is 15.6. The Balaban J connectivity index is 0.000000222. The third kappa shape index (κ3) is 16.9. The Hall–Kier alpha value is -4.76. The van der Waals surface area contributed by atoms with Crippen LogP contribution in [0.2, 0.25) is 35.4 Å². The van der Waals surface area contributed by atoms with Gasteiger partial charge in [0.05, 0.1) is 0 Å². The van der Waals surface area contributed by atoms with Crippen molar-refractivity contribution in [3.05, 3.63) is 129 Å². The smallest absolute Gasteiger partial charge is 0.223 e. The van der Waals surface area contributed by atoms with Crippen molar-refractivity contribution < 1.29 is 4.39 Å². The minimum Gasteiger partial charge on any atom is -0.242 e. The molecule has 13 heteroatoms. The minimum absolute atomic E-state index is 0.178. The lowest BCUT2D eigenvalue weighted by molar-refractivity contribution is 0.627. The van der Waals surface area contributed by atoms with Crippen LogP contribution in [0.1, 0.15) is 34.3 Å². The zero-order chi connectivity index (χ0) is 34.0. The first kappa shape index (κ1) is 37.4. The maximum atomic E-state index is 12.6. The van der Waals surface area contributed by atoms with Gasteiger partial charge in [-0.2, -0.15) is 0 Å². The summed E-state index contributed by atoms with van der Waals surface area (Å²) in [5.74, 6) is 12.4. The van der Waals surface area contributed by atoms with E-state index in [1.54, 1.807) is 61.9 Å². The van der Waals surface area contributed by atoms with Crippen molar-refractivity contribution in [1.29, 1.82) is 0 Å². The molecule has 0 atom stereocenters.